The van der Waals surface area contributed by atoms with Gasteiger partial charge in [0, 0.05) is 10.0 Å². The molecule has 0 aliphatic rings. The minimum atomic E-state index is -4.32. The Morgan fingerprint density at radius 2 is 2.05 bits per heavy atom. The Morgan fingerprint density at radius 1 is 1.35 bits per heavy atom. The summed E-state index contributed by atoms with van der Waals surface area (Å²) in [6.07, 6.45) is -4.32. The summed E-state index contributed by atoms with van der Waals surface area (Å²) < 4.78 is 47.2. The van der Waals surface area contributed by atoms with E-state index in [1.807, 2.05) is 19.1 Å². The maximum Gasteiger partial charge on any atom is 0.411 e. The van der Waals surface area contributed by atoms with Crippen LogP contribution in [0.3, 0.4) is 0 Å². The number of halogens is 4. The minimum Gasteiger partial charge on any atom is -0.496 e. The molecule has 3 nitrogen and oxygen atoms in total. The van der Waals surface area contributed by atoms with Crippen LogP contribution in [0.5, 0.6) is 5.75 Å². The normalized spacial score (nSPS) is 13.3. The van der Waals surface area contributed by atoms with Gasteiger partial charge >= 0.3 is 6.18 Å². The van der Waals surface area contributed by atoms with Crippen molar-refractivity contribution in [2.45, 2.75) is 19.1 Å². The topological polar surface area (TPSA) is 30.5 Å². The standard InChI is InChI=1S/C13H17BrF3NO2/c1-3-18-11(7-20-8-13(15,16)17)10-6-9(14)4-5-12(10)19-2/h4-6,11,18H,3,7-8H2,1-2H3. The molecule has 0 radical (unpaired) electrons. The molecule has 1 unspecified atom stereocenters. The second-order valence-corrected chi connectivity index (χ2v) is 5.04. The first-order valence-electron chi connectivity index (χ1n) is 6.08. The van der Waals surface area contributed by atoms with Crippen molar-refractivity contribution in [3.8, 4) is 5.75 Å². The van der Waals surface area contributed by atoms with Crippen molar-refractivity contribution in [2.75, 3.05) is 26.9 Å². The van der Waals surface area contributed by atoms with Crippen LogP contribution in [0.2, 0.25) is 0 Å². The highest BCUT2D eigenvalue weighted by atomic mass is 79.9. The third kappa shape index (κ3) is 5.68. The number of benzene rings is 1. The first-order chi connectivity index (χ1) is 9.37. The molecule has 114 valence electrons. The molecule has 0 heterocycles. The first kappa shape index (κ1) is 17.3. The van der Waals surface area contributed by atoms with Crippen molar-refractivity contribution in [3.05, 3.63) is 28.2 Å². The van der Waals surface area contributed by atoms with E-state index in [0.717, 1.165) is 10.0 Å². The average Bonchev–Trinajstić information content (AvgIpc) is 2.36. The molecule has 0 saturated carbocycles. The number of ether oxygens (including phenoxy) is 2. The van der Waals surface area contributed by atoms with Gasteiger partial charge in [0.25, 0.3) is 0 Å². The Bertz CT molecular complexity index is 427. The zero-order valence-corrected chi connectivity index (χ0v) is 12.8. The van der Waals surface area contributed by atoms with Crippen LogP contribution in [0.1, 0.15) is 18.5 Å². The molecule has 1 N–H and O–H groups in total. The smallest absolute Gasteiger partial charge is 0.411 e. The van der Waals surface area contributed by atoms with Crippen LogP contribution in [0, 0.1) is 0 Å². The highest BCUT2D eigenvalue weighted by Gasteiger charge is 2.28. The van der Waals surface area contributed by atoms with Crippen LogP contribution < -0.4 is 10.1 Å². The maximum atomic E-state index is 12.1. The second kappa shape index (κ2) is 7.85. The zero-order chi connectivity index (χ0) is 15.2. The quantitative estimate of drug-likeness (QED) is 0.809. The largest absolute Gasteiger partial charge is 0.496 e. The van der Waals surface area contributed by atoms with E-state index in [4.69, 9.17) is 9.47 Å². The van der Waals surface area contributed by atoms with Crippen molar-refractivity contribution >= 4 is 15.9 Å². The summed E-state index contributed by atoms with van der Waals surface area (Å²) in [5.41, 5.74) is 0.755. The predicted octanol–water partition coefficient (Wildman–Crippen LogP) is 3.69. The zero-order valence-electron chi connectivity index (χ0n) is 11.3. The number of rotatable bonds is 7. The Balaban J connectivity index is 2.82. The molecule has 1 atom stereocenters. The number of hydrogen-bond donors (Lipinski definition) is 1. The summed E-state index contributed by atoms with van der Waals surface area (Å²) in [7, 11) is 1.52. The minimum absolute atomic E-state index is 0.0832. The van der Waals surface area contributed by atoms with E-state index in [0.29, 0.717) is 12.3 Å². The number of methoxy groups -OCH3 is 1. The van der Waals surface area contributed by atoms with Gasteiger partial charge in [0.05, 0.1) is 19.8 Å². The molecule has 0 aliphatic carbocycles. The van der Waals surface area contributed by atoms with Gasteiger partial charge in [-0.2, -0.15) is 13.2 Å². The molecule has 20 heavy (non-hydrogen) atoms. The Morgan fingerprint density at radius 3 is 2.60 bits per heavy atom. The predicted molar refractivity (Wildman–Crippen MR) is 74.0 cm³/mol. The van der Waals surface area contributed by atoms with Crippen LogP contribution >= 0.6 is 15.9 Å². The van der Waals surface area contributed by atoms with Crippen molar-refractivity contribution < 1.29 is 22.6 Å². The summed E-state index contributed by atoms with van der Waals surface area (Å²) in [6, 6.07) is 5.01. The molecular formula is C13H17BrF3NO2. The molecule has 0 saturated heterocycles. The maximum absolute atomic E-state index is 12.1. The van der Waals surface area contributed by atoms with Crippen molar-refractivity contribution in [1.29, 1.82) is 0 Å². The molecule has 0 amide bonds. The molecule has 1 rings (SSSR count). The van der Waals surface area contributed by atoms with Gasteiger partial charge in [-0.05, 0) is 24.7 Å². The SMILES string of the molecule is CCNC(COCC(F)(F)F)c1cc(Br)ccc1OC. The van der Waals surface area contributed by atoms with Crippen LogP contribution in [0.25, 0.3) is 0 Å². The fourth-order valence-corrected chi connectivity index (χ4v) is 2.15. The summed E-state index contributed by atoms with van der Waals surface area (Å²) in [6.45, 7) is 1.14. The number of likely N-dealkylation sites (N-methyl/N-ethyl adjacent to an activating group) is 1. The van der Waals surface area contributed by atoms with Gasteiger partial charge in [-0.25, -0.2) is 0 Å². The number of nitrogens with one attached hydrogen (secondary N) is 1. The van der Waals surface area contributed by atoms with Gasteiger partial charge in [0.1, 0.15) is 12.4 Å². The molecule has 0 spiro atoms. The Labute approximate surface area is 124 Å². The highest BCUT2D eigenvalue weighted by molar-refractivity contribution is 9.10. The monoisotopic (exact) mass is 355 g/mol. The van der Waals surface area contributed by atoms with Crippen molar-refractivity contribution in [3.63, 3.8) is 0 Å². The van der Waals surface area contributed by atoms with Gasteiger partial charge in [-0.15, -0.1) is 0 Å². The molecule has 0 aromatic heterocycles. The van der Waals surface area contributed by atoms with Crippen LogP contribution in [0.4, 0.5) is 13.2 Å². The molecule has 1 aromatic rings. The van der Waals surface area contributed by atoms with E-state index >= 15 is 0 Å². The second-order valence-electron chi connectivity index (χ2n) is 4.13. The van der Waals surface area contributed by atoms with Crippen LogP contribution in [0.15, 0.2) is 22.7 Å². The first-order valence-corrected chi connectivity index (χ1v) is 6.88. The van der Waals surface area contributed by atoms with Gasteiger partial charge in [0.2, 0.25) is 0 Å². The molecule has 1 aromatic carbocycles. The lowest BCUT2D eigenvalue weighted by Crippen LogP contribution is -2.28. The van der Waals surface area contributed by atoms with E-state index in [1.165, 1.54) is 7.11 Å². The lowest BCUT2D eigenvalue weighted by molar-refractivity contribution is -0.175. The average molecular weight is 356 g/mol. The van der Waals surface area contributed by atoms with Gasteiger partial charge in [-0.1, -0.05) is 22.9 Å². The summed E-state index contributed by atoms with van der Waals surface area (Å²) >= 11 is 3.34. The molecule has 0 bridgehead atoms. The summed E-state index contributed by atoms with van der Waals surface area (Å²) in [5.74, 6) is 0.606. The number of hydrogen-bond acceptors (Lipinski definition) is 3. The summed E-state index contributed by atoms with van der Waals surface area (Å²) in [4.78, 5) is 0. The fourth-order valence-electron chi connectivity index (χ4n) is 1.78. The third-order valence-electron chi connectivity index (χ3n) is 2.57. The van der Waals surface area contributed by atoms with Crippen LogP contribution in [-0.4, -0.2) is 33.0 Å². The van der Waals surface area contributed by atoms with Gasteiger partial charge < -0.3 is 14.8 Å². The van der Waals surface area contributed by atoms with E-state index in [-0.39, 0.29) is 12.6 Å². The van der Waals surface area contributed by atoms with Gasteiger partial charge in [0.15, 0.2) is 0 Å². The van der Waals surface area contributed by atoms with E-state index < -0.39 is 12.8 Å². The molecule has 7 heteroatoms. The third-order valence-corrected chi connectivity index (χ3v) is 3.06. The molecule has 0 fully saturated rings. The lowest BCUT2D eigenvalue weighted by atomic mass is 10.1. The van der Waals surface area contributed by atoms with Gasteiger partial charge in [-0.3, -0.25) is 0 Å². The number of alkyl halides is 3. The lowest BCUT2D eigenvalue weighted by Gasteiger charge is -2.21. The van der Waals surface area contributed by atoms with Crippen molar-refractivity contribution in [2.24, 2.45) is 0 Å². The van der Waals surface area contributed by atoms with E-state index in [1.54, 1.807) is 6.07 Å². The highest BCUT2D eigenvalue weighted by Crippen LogP contribution is 2.29. The molecule has 0 aliphatic heterocycles. The van der Waals surface area contributed by atoms with Crippen molar-refractivity contribution in [1.82, 2.24) is 5.32 Å². The van der Waals surface area contributed by atoms with E-state index in [9.17, 15) is 13.2 Å². The molecular weight excluding hydrogens is 339 g/mol. The Kier molecular flexibility index (Phi) is 6.78. The van der Waals surface area contributed by atoms with Crippen LogP contribution in [-0.2, 0) is 4.74 Å². The Hall–Kier alpha value is -0.790. The summed E-state index contributed by atoms with van der Waals surface area (Å²) in [5, 5.41) is 3.09. The fraction of sp³-hybridized carbons (Fsp3) is 0.538. The van der Waals surface area contributed by atoms with E-state index in [2.05, 4.69) is 21.2 Å².